The molecule has 1 saturated carbocycles. The molecule has 1 aliphatic heterocycles. The number of carbonyl (C=O) groups is 1. The first-order chi connectivity index (χ1) is 9.20. The van der Waals surface area contributed by atoms with Gasteiger partial charge in [0.1, 0.15) is 5.78 Å². The van der Waals surface area contributed by atoms with Crippen molar-refractivity contribution < 1.29 is 4.79 Å². The molecule has 0 aromatic heterocycles. The maximum Gasteiger partial charge on any atom is 0.137 e. The molecule has 2 unspecified atom stereocenters. The van der Waals surface area contributed by atoms with Gasteiger partial charge >= 0.3 is 0 Å². The minimum atomic E-state index is 0.319. The quantitative estimate of drug-likeness (QED) is 0.734. The van der Waals surface area contributed by atoms with Gasteiger partial charge in [-0.15, -0.1) is 0 Å². The highest BCUT2D eigenvalue weighted by Gasteiger charge is 2.28. The first kappa shape index (κ1) is 15.0. The second kappa shape index (κ2) is 7.39. The fourth-order valence-corrected chi connectivity index (χ4v) is 3.63. The van der Waals surface area contributed by atoms with E-state index in [1.807, 2.05) is 0 Å². The van der Waals surface area contributed by atoms with Crippen LogP contribution in [0.4, 0.5) is 0 Å². The van der Waals surface area contributed by atoms with E-state index in [0.717, 1.165) is 32.4 Å². The molecule has 0 amide bonds. The van der Waals surface area contributed by atoms with Gasteiger partial charge in [0.25, 0.3) is 0 Å². The molecule has 0 aromatic carbocycles. The molecule has 19 heavy (non-hydrogen) atoms. The monoisotopic (exact) mass is 266 g/mol. The number of Topliss-reactive ketones (excluding diaryl/α,β-unsaturated/α-hetero) is 1. The van der Waals surface area contributed by atoms with Crippen LogP contribution in [-0.2, 0) is 4.79 Å². The van der Waals surface area contributed by atoms with Crippen molar-refractivity contribution in [1.82, 2.24) is 9.80 Å². The topological polar surface area (TPSA) is 23.6 Å². The molecule has 110 valence electrons. The number of hydrogen-bond acceptors (Lipinski definition) is 3. The summed E-state index contributed by atoms with van der Waals surface area (Å²) < 4.78 is 0. The minimum absolute atomic E-state index is 0.319. The summed E-state index contributed by atoms with van der Waals surface area (Å²) in [6, 6.07) is 0.642. The van der Waals surface area contributed by atoms with Gasteiger partial charge in [-0.3, -0.25) is 9.69 Å². The van der Waals surface area contributed by atoms with E-state index in [-0.39, 0.29) is 0 Å². The molecule has 1 aliphatic carbocycles. The van der Waals surface area contributed by atoms with Crippen molar-refractivity contribution in [3.05, 3.63) is 0 Å². The first-order valence-electron chi connectivity index (χ1n) is 8.16. The van der Waals surface area contributed by atoms with Gasteiger partial charge in [-0.25, -0.2) is 0 Å². The lowest BCUT2D eigenvalue weighted by atomic mass is 9.97. The summed E-state index contributed by atoms with van der Waals surface area (Å²) in [4.78, 5) is 17.3. The molecular weight excluding hydrogens is 236 g/mol. The predicted octanol–water partition coefficient (Wildman–Crippen LogP) is 2.55. The second-order valence-corrected chi connectivity index (χ2v) is 6.44. The number of rotatable bonds is 3. The first-order valence-corrected chi connectivity index (χ1v) is 8.16. The normalized spacial score (nSPS) is 32.0. The van der Waals surface area contributed by atoms with E-state index in [1.165, 1.54) is 38.8 Å². The third-order valence-corrected chi connectivity index (χ3v) is 4.88. The molecule has 1 saturated heterocycles. The van der Waals surface area contributed by atoms with Crippen LogP contribution in [0.25, 0.3) is 0 Å². The van der Waals surface area contributed by atoms with E-state index in [2.05, 4.69) is 23.8 Å². The van der Waals surface area contributed by atoms with Crippen LogP contribution < -0.4 is 0 Å². The van der Waals surface area contributed by atoms with Crippen molar-refractivity contribution in [2.45, 2.75) is 57.9 Å². The van der Waals surface area contributed by atoms with Gasteiger partial charge in [0, 0.05) is 31.5 Å². The highest BCUT2D eigenvalue weighted by Crippen LogP contribution is 2.23. The Kier molecular flexibility index (Phi) is 5.83. The van der Waals surface area contributed by atoms with Crippen LogP contribution in [0.15, 0.2) is 0 Å². The number of hydrogen-bond donors (Lipinski definition) is 0. The molecule has 0 N–H and O–H groups in total. The molecule has 2 aliphatic rings. The lowest BCUT2D eigenvalue weighted by molar-refractivity contribution is -0.123. The molecule has 0 radical (unpaired) electrons. The summed E-state index contributed by atoms with van der Waals surface area (Å²) in [6.45, 7) is 6.84. The smallest absolute Gasteiger partial charge is 0.137 e. The molecule has 3 heteroatoms. The highest BCUT2D eigenvalue weighted by atomic mass is 16.1. The maximum atomic E-state index is 12.2. The Morgan fingerprint density at radius 1 is 1.16 bits per heavy atom. The summed E-state index contributed by atoms with van der Waals surface area (Å²) in [5.74, 6) is 0.852. The summed E-state index contributed by atoms with van der Waals surface area (Å²) in [7, 11) is 2.23. The van der Waals surface area contributed by atoms with Crippen LogP contribution >= 0.6 is 0 Å². The van der Waals surface area contributed by atoms with E-state index < -0.39 is 0 Å². The van der Waals surface area contributed by atoms with Crippen molar-refractivity contribution in [3.63, 3.8) is 0 Å². The number of carbonyl (C=O) groups excluding carboxylic acids is 1. The van der Waals surface area contributed by atoms with Crippen LogP contribution in [0.5, 0.6) is 0 Å². The molecule has 3 nitrogen and oxygen atoms in total. The second-order valence-electron chi connectivity index (χ2n) is 6.44. The zero-order chi connectivity index (χ0) is 13.7. The number of likely N-dealkylation sites (N-methyl/N-ethyl adjacent to an activating group) is 1. The van der Waals surface area contributed by atoms with Crippen LogP contribution in [-0.4, -0.2) is 54.9 Å². The maximum absolute atomic E-state index is 12.2. The Balaban J connectivity index is 1.96. The van der Waals surface area contributed by atoms with Gasteiger partial charge in [0.15, 0.2) is 0 Å². The van der Waals surface area contributed by atoms with Crippen LogP contribution in [0, 0.1) is 5.92 Å². The van der Waals surface area contributed by atoms with Crippen molar-refractivity contribution in [2.75, 3.05) is 33.2 Å². The zero-order valence-corrected chi connectivity index (χ0v) is 12.7. The summed E-state index contributed by atoms with van der Waals surface area (Å²) in [5, 5.41) is 0. The average molecular weight is 266 g/mol. The van der Waals surface area contributed by atoms with Gasteiger partial charge in [-0.2, -0.15) is 0 Å². The fraction of sp³-hybridized carbons (Fsp3) is 0.938. The largest absolute Gasteiger partial charge is 0.305 e. The number of nitrogens with zero attached hydrogens (tertiary/aromatic N) is 2. The zero-order valence-electron chi connectivity index (χ0n) is 12.7. The van der Waals surface area contributed by atoms with E-state index in [0.29, 0.717) is 17.7 Å². The molecule has 2 rings (SSSR count). The Hall–Kier alpha value is -0.410. The lowest BCUT2D eigenvalue weighted by Gasteiger charge is -2.32. The Morgan fingerprint density at radius 3 is 2.79 bits per heavy atom. The Morgan fingerprint density at radius 2 is 2.00 bits per heavy atom. The number of ketones is 1. The molecule has 0 spiro atoms. The third-order valence-electron chi connectivity index (χ3n) is 4.88. The van der Waals surface area contributed by atoms with E-state index in [9.17, 15) is 4.79 Å². The van der Waals surface area contributed by atoms with Crippen LogP contribution in [0.1, 0.15) is 51.9 Å². The van der Waals surface area contributed by atoms with Crippen molar-refractivity contribution in [3.8, 4) is 0 Å². The van der Waals surface area contributed by atoms with E-state index in [4.69, 9.17) is 0 Å². The molecule has 2 atom stereocenters. The average Bonchev–Trinajstić information content (AvgIpc) is 2.70. The van der Waals surface area contributed by atoms with Crippen LogP contribution in [0.2, 0.25) is 0 Å². The molecule has 1 heterocycles. The highest BCUT2D eigenvalue weighted by molar-refractivity contribution is 5.81. The van der Waals surface area contributed by atoms with Crippen molar-refractivity contribution >= 4 is 5.78 Å². The Labute approximate surface area is 118 Å². The minimum Gasteiger partial charge on any atom is -0.305 e. The van der Waals surface area contributed by atoms with Gasteiger partial charge in [0.2, 0.25) is 0 Å². The summed E-state index contributed by atoms with van der Waals surface area (Å²) in [6.07, 6.45) is 8.02. The molecule has 0 bridgehead atoms. The molecular formula is C16H30N2O. The summed E-state index contributed by atoms with van der Waals surface area (Å²) in [5.41, 5.74) is 0. The lowest BCUT2D eigenvalue weighted by Crippen LogP contribution is -2.43. The van der Waals surface area contributed by atoms with Crippen molar-refractivity contribution in [2.24, 2.45) is 5.92 Å². The fourth-order valence-electron chi connectivity index (χ4n) is 3.63. The Bertz CT molecular complexity index is 292. The standard InChI is InChI=1S/C16H30N2O/c1-3-15-13-17(2)10-7-11-18(15)12-14-8-5-4-6-9-16(14)19/h14-15H,3-13H2,1-2H3. The van der Waals surface area contributed by atoms with Gasteiger partial charge in [-0.1, -0.05) is 19.8 Å². The predicted molar refractivity (Wildman–Crippen MR) is 79.3 cm³/mol. The van der Waals surface area contributed by atoms with Gasteiger partial charge in [0.05, 0.1) is 0 Å². The van der Waals surface area contributed by atoms with Crippen LogP contribution in [0.3, 0.4) is 0 Å². The van der Waals surface area contributed by atoms with Gasteiger partial charge in [-0.05, 0) is 45.8 Å². The third kappa shape index (κ3) is 4.28. The summed E-state index contributed by atoms with van der Waals surface area (Å²) >= 11 is 0. The van der Waals surface area contributed by atoms with Gasteiger partial charge < -0.3 is 4.90 Å². The van der Waals surface area contributed by atoms with E-state index >= 15 is 0 Å². The van der Waals surface area contributed by atoms with E-state index in [1.54, 1.807) is 0 Å². The SMILES string of the molecule is CCC1CN(C)CCCN1CC1CCCCCC1=O. The molecule has 2 fully saturated rings. The van der Waals surface area contributed by atoms with Crippen molar-refractivity contribution in [1.29, 1.82) is 0 Å². The molecule has 0 aromatic rings.